The number of Topliss-reactive ketones (excluding diaryl/α,β-unsaturated/α-hetero) is 4. The van der Waals surface area contributed by atoms with Gasteiger partial charge in [0.05, 0.1) is 51.8 Å². The first kappa shape index (κ1) is 74.3. The molecule has 5 aromatic carbocycles. The van der Waals surface area contributed by atoms with Gasteiger partial charge in [-0.15, -0.1) is 0 Å². The summed E-state index contributed by atoms with van der Waals surface area (Å²) < 4.78 is 232. The molecular formula is C66H56F15N9O9. The number of benzene rings is 5. The number of alkyl halides is 12. The van der Waals surface area contributed by atoms with Crippen molar-refractivity contribution in [1.82, 2.24) is 19.9 Å². The molecule has 7 aromatic rings. The average molecular weight is 1400 g/mol. The monoisotopic (exact) mass is 1400 g/mol. The molecule has 0 saturated carbocycles. The fourth-order valence-electron chi connectivity index (χ4n) is 10.5. The van der Waals surface area contributed by atoms with Gasteiger partial charge >= 0.3 is 18.5 Å². The molecule has 2 aromatic heterocycles. The topological polar surface area (TPSA) is 255 Å². The van der Waals surface area contributed by atoms with Crippen LogP contribution in [0, 0.1) is 17.5 Å². The number of carbonyl (C=O) groups is 4. The van der Waals surface area contributed by atoms with Crippen molar-refractivity contribution in [3.8, 4) is 11.8 Å². The summed E-state index contributed by atoms with van der Waals surface area (Å²) in [7, 11) is 2.75. The molecule has 18 nitrogen and oxygen atoms in total. The maximum atomic E-state index is 15.1. The number of ketones is 4. The second-order valence-corrected chi connectivity index (χ2v) is 22.4. The van der Waals surface area contributed by atoms with E-state index in [0.717, 1.165) is 36.4 Å². The number of aliphatic imine (C=N–C) groups is 3. The largest absolute Gasteiger partial charge is 0.480 e. The van der Waals surface area contributed by atoms with Crippen molar-refractivity contribution >= 4 is 46.6 Å². The summed E-state index contributed by atoms with van der Waals surface area (Å²) in [6.07, 6.45) is -22.2. The third-order valence-corrected chi connectivity index (χ3v) is 15.5. The lowest BCUT2D eigenvalue weighted by atomic mass is 9.83. The molecule has 6 atom stereocenters. The van der Waals surface area contributed by atoms with Crippen LogP contribution in [0.1, 0.15) is 102 Å². The lowest BCUT2D eigenvalue weighted by Crippen LogP contribution is -2.48. The molecule has 0 radical (unpaired) electrons. The van der Waals surface area contributed by atoms with E-state index in [0.29, 0.717) is 0 Å². The quantitative estimate of drug-likeness (QED) is 0.0409. The van der Waals surface area contributed by atoms with Gasteiger partial charge in [-0.1, -0.05) is 72.8 Å². The number of hydrogen-bond acceptors (Lipinski definition) is 18. The van der Waals surface area contributed by atoms with Gasteiger partial charge in [0.25, 0.3) is 6.02 Å². The van der Waals surface area contributed by atoms with Crippen LogP contribution in [-0.2, 0) is 43.7 Å². The Kier molecular flexibility index (Phi) is 23.2. The van der Waals surface area contributed by atoms with Crippen molar-refractivity contribution in [2.75, 3.05) is 40.0 Å². The summed E-state index contributed by atoms with van der Waals surface area (Å²) in [6.45, 7) is -4.39. The first-order valence-corrected chi connectivity index (χ1v) is 29.3. The van der Waals surface area contributed by atoms with Crippen LogP contribution in [0.15, 0.2) is 155 Å². The first-order chi connectivity index (χ1) is 46.8. The normalized spacial score (nSPS) is 20.6. The maximum Gasteiger partial charge on any atom is 0.425 e. The van der Waals surface area contributed by atoms with Crippen LogP contribution in [0.25, 0.3) is 0 Å². The Labute approximate surface area is 552 Å². The molecule has 0 bridgehead atoms. The molecule has 0 unspecified atom stereocenters. The van der Waals surface area contributed by atoms with Gasteiger partial charge < -0.3 is 35.2 Å². The molecule has 99 heavy (non-hydrogen) atoms. The number of nitrogens with zero attached hydrogens (tertiary/aromatic N) is 7. The van der Waals surface area contributed by atoms with Gasteiger partial charge in [-0.2, -0.15) is 39.5 Å². The molecule has 10 rings (SSSR count). The van der Waals surface area contributed by atoms with E-state index in [1.54, 1.807) is 36.4 Å². The molecule has 524 valence electrons. The maximum absolute atomic E-state index is 15.1. The number of nitrogens with two attached hydrogens (primary N) is 2. The van der Waals surface area contributed by atoms with Crippen LogP contribution >= 0.6 is 0 Å². The van der Waals surface area contributed by atoms with Crippen LogP contribution in [0.3, 0.4) is 0 Å². The SMILES string of the molecule is COc1cnc(C(=O)Cc2ccc(F)c([C@]3(CF)C[C@@H](C(F)(F)F)OC(CC(=O)c4ccccc4)=N3)c2)cn1.COc1cnc(C(=O)Cc2ccc(F)c([C@]3(CF)C[C@@H](C(F)(F)F)OC(N)=N3)c2)cn1.Nc1ccc(F)c([C@]2(CF)C[C@@H](C(F)(F)F)OC(CC(=O)c3ccccc3)=N2)c1. The van der Waals surface area contributed by atoms with Crippen molar-refractivity contribution in [3.05, 3.63) is 208 Å². The molecule has 0 aliphatic carbocycles. The highest BCUT2D eigenvalue weighted by Gasteiger charge is 2.55. The van der Waals surface area contributed by atoms with Crippen molar-refractivity contribution < 1.29 is 109 Å². The lowest BCUT2D eigenvalue weighted by Gasteiger charge is -2.37. The number of methoxy groups -OCH3 is 2. The molecular weight excluding hydrogens is 1350 g/mol. The minimum atomic E-state index is -4.95. The van der Waals surface area contributed by atoms with Gasteiger partial charge in [0.15, 0.2) is 53.2 Å². The van der Waals surface area contributed by atoms with Gasteiger partial charge in [-0.3, -0.25) is 19.2 Å². The van der Waals surface area contributed by atoms with Crippen molar-refractivity contribution in [3.63, 3.8) is 0 Å². The number of amidine groups is 1. The molecule has 3 aliphatic heterocycles. The molecule has 0 saturated heterocycles. The van der Waals surface area contributed by atoms with Gasteiger partial charge in [-0.05, 0) is 53.6 Å². The van der Waals surface area contributed by atoms with E-state index in [9.17, 15) is 80.6 Å². The predicted molar refractivity (Wildman–Crippen MR) is 324 cm³/mol. The van der Waals surface area contributed by atoms with Crippen LogP contribution in [0.5, 0.6) is 11.8 Å². The van der Waals surface area contributed by atoms with Gasteiger partial charge in [-0.25, -0.2) is 61.3 Å². The van der Waals surface area contributed by atoms with E-state index in [2.05, 4.69) is 39.6 Å². The van der Waals surface area contributed by atoms with Crippen LogP contribution in [0.4, 0.5) is 71.5 Å². The minimum absolute atomic E-state index is 0.00246. The summed E-state index contributed by atoms with van der Waals surface area (Å²) in [4.78, 5) is 77.4. The minimum Gasteiger partial charge on any atom is -0.480 e. The second kappa shape index (κ2) is 30.9. The van der Waals surface area contributed by atoms with E-state index in [1.807, 2.05) is 0 Å². The molecule has 5 heterocycles. The number of halogens is 15. The highest BCUT2D eigenvalue weighted by Crippen LogP contribution is 2.46. The van der Waals surface area contributed by atoms with Gasteiger partial charge in [0.1, 0.15) is 65.5 Å². The fourth-order valence-corrected chi connectivity index (χ4v) is 10.5. The predicted octanol–water partition coefficient (Wildman–Crippen LogP) is 12.7. The Morgan fingerprint density at radius 2 is 0.808 bits per heavy atom. The van der Waals surface area contributed by atoms with Gasteiger partial charge in [0, 0.05) is 65.6 Å². The lowest BCUT2D eigenvalue weighted by molar-refractivity contribution is -0.209. The third kappa shape index (κ3) is 18.2. The molecule has 0 spiro atoms. The van der Waals surface area contributed by atoms with E-state index in [1.165, 1.54) is 81.5 Å². The van der Waals surface area contributed by atoms with E-state index >= 15 is 4.39 Å². The number of carbonyl (C=O) groups excluding carboxylic acids is 4. The highest BCUT2D eigenvalue weighted by molar-refractivity contribution is 6.08. The van der Waals surface area contributed by atoms with Crippen LogP contribution < -0.4 is 20.9 Å². The highest BCUT2D eigenvalue weighted by atomic mass is 19.4. The Bertz CT molecular complexity index is 4130. The Balaban J connectivity index is 0.000000192. The first-order valence-electron chi connectivity index (χ1n) is 29.3. The molecule has 0 amide bonds. The summed E-state index contributed by atoms with van der Waals surface area (Å²) in [5.74, 6) is -6.03. The van der Waals surface area contributed by atoms with E-state index in [-0.39, 0.29) is 63.9 Å². The summed E-state index contributed by atoms with van der Waals surface area (Å²) in [5, 5.41) is 0. The van der Waals surface area contributed by atoms with E-state index < -0.39 is 181 Å². The van der Waals surface area contributed by atoms with Gasteiger partial charge in [0.2, 0.25) is 11.8 Å². The number of hydrogen-bond donors (Lipinski definition) is 2. The number of nitrogen functional groups attached to an aromatic ring is 1. The zero-order chi connectivity index (χ0) is 72.3. The van der Waals surface area contributed by atoms with Crippen molar-refractivity contribution in [2.24, 2.45) is 20.7 Å². The van der Waals surface area contributed by atoms with Crippen molar-refractivity contribution in [2.45, 2.75) is 98.4 Å². The Morgan fingerprint density at radius 3 is 1.15 bits per heavy atom. The Hall–Kier alpha value is -10.5. The smallest absolute Gasteiger partial charge is 0.425 e. The molecule has 3 aliphatic rings. The molecule has 4 N–H and O–H groups in total. The second-order valence-electron chi connectivity index (χ2n) is 22.4. The zero-order valence-corrected chi connectivity index (χ0v) is 51.7. The van der Waals surface area contributed by atoms with Crippen molar-refractivity contribution in [1.29, 1.82) is 0 Å². The number of aromatic nitrogens is 4. The number of rotatable bonds is 20. The van der Waals surface area contributed by atoms with Crippen LogP contribution in [-0.4, -0.2) is 132 Å². The average Bonchev–Trinajstić information content (AvgIpc) is 0.773. The molecule has 33 heteroatoms. The standard InChI is InChI=1S/C27H22F5N3O4.C20H17F5N2O2.C19H17F5N4O3/c1-38-25-14-33-20(13-34-25)22(37)10-16-7-8-19(29)18(9-16)26(15-28)12-23(27(30,31)32)39-24(35-26)11-21(36)17-5-3-2-4-6-17;21-11-19(14-8-13(26)6-7-15(14)22)10-17(20(23,24)25)29-18(27-19)9-16(28)12-4-2-1-3-5-12;1-30-16-8-26-13(7-27-16)14(29)5-10-2-3-12(21)11(4-10)18(9-20)6-15(19(22,23)24)31-17(25)28-18/h2-9,13-14,23H,10-12,15H2,1H3;1-8,17H,9-11,26H2;2-4,7-8,15H,5-6,9H2,1H3,(H2,25,28)/t23-,26+;17-,19+;15-,18+/m000/s1. The number of anilines is 1. The van der Waals surface area contributed by atoms with E-state index in [4.69, 9.17) is 30.4 Å². The summed E-state index contributed by atoms with van der Waals surface area (Å²) in [5.41, 5.74) is 3.65. The third-order valence-electron chi connectivity index (χ3n) is 15.5. The number of ether oxygens (including phenoxy) is 5. The summed E-state index contributed by atoms with van der Waals surface area (Å²) in [6, 6.07) is 24.4. The van der Waals surface area contributed by atoms with Crippen LogP contribution in [0.2, 0.25) is 0 Å². The Morgan fingerprint density at radius 1 is 0.455 bits per heavy atom. The summed E-state index contributed by atoms with van der Waals surface area (Å²) >= 11 is 0. The fraction of sp³-hybridized carbons (Fsp3) is 0.318. The zero-order valence-electron chi connectivity index (χ0n) is 51.7. The molecule has 0 fully saturated rings.